The van der Waals surface area contributed by atoms with Crippen molar-refractivity contribution in [3.05, 3.63) is 0 Å². The third-order valence-corrected chi connectivity index (χ3v) is 2.33. The van der Waals surface area contributed by atoms with Gasteiger partial charge in [-0.1, -0.05) is 0 Å². The third-order valence-electron chi connectivity index (χ3n) is 2.33. The number of hydrogen-bond donors (Lipinski definition) is 2. The van der Waals surface area contributed by atoms with E-state index in [9.17, 15) is 0 Å². The van der Waals surface area contributed by atoms with Crippen molar-refractivity contribution in [2.24, 2.45) is 0 Å². The average molecular weight is 205 g/mol. The van der Waals surface area contributed by atoms with Crippen molar-refractivity contribution in [2.45, 2.75) is 25.8 Å². The summed E-state index contributed by atoms with van der Waals surface area (Å²) in [5.41, 5.74) is -0.231. The van der Waals surface area contributed by atoms with Gasteiger partial charge in [0.15, 0.2) is 0 Å². The first kappa shape index (κ1) is 13.8. The molecule has 14 heavy (non-hydrogen) atoms. The lowest BCUT2D eigenvalue weighted by molar-refractivity contribution is 0.0389. The van der Waals surface area contributed by atoms with E-state index in [1.807, 2.05) is 20.9 Å². The Morgan fingerprint density at radius 2 is 1.86 bits per heavy atom. The molecule has 4 nitrogen and oxygen atoms in total. The summed E-state index contributed by atoms with van der Waals surface area (Å²) in [6, 6.07) is 0. The molecular formula is C10H23NO3. The van der Waals surface area contributed by atoms with Gasteiger partial charge in [-0.3, -0.25) is 0 Å². The quantitative estimate of drug-likeness (QED) is 0.535. The highest BCUT2D eigenvalue weighted by Gasteiger charge is 2.19. The summed E-state index contributed by atoms with van der Waals surface area (Å²) in [5.74, 6) is 0. The lowest BCUT2D eigenvalue weighted by atomic mass is 10.0. The van der Waals surface area contributed by atoms with Crippen molar-refractivity contribution < 1.29 is 14.6 Å². The second-order valence-electron chi connectivity index (χ2n) is 3.53. The fourth-order valence-corrected chi connectivity index (χ4v) is 0.945. The summed E-state index contributed by atoms with van der Waals surface area (Å²) in [7, 11) is 1.84. The molecule has 0 spiro atoms. The van der Waals surface area contributed by atoms with Crippen molar-refractivity contribution in [1.29, 1.82) is 0 Å². The van der Waals surface area contributed by atoms with E-state index in [1.165, 1.54) is 0 Å². The van der Waals surface area contributed by atoms with Gasteiger partial charge in [0.2, 0.25) is 0 Å². The van der Waals surface area contributed by atoms with E-state index in [2.05, 4.69) is 5.32 Å². The second-order valence-corrected chi connectivity index (χ2v) is 3.53. The Hall–Kier alpha value is -0.160. The van der Waals surface area contributed by atoms with E-state index in [0.29, 0.717) is 19.8 Å². The summed E-state index contributed by atoms with van der Waals surface area (Å²) >= 11 is 0. The van der Waals surface area contributed by atoms with Crippen LogP contribution in [0.2, 0.25) is 0 Å². The number of rotatable bonds is 9. The molecule has 0 aromatic carbocycles. The molecule has 0 rings (SSSR count). The molecule has 1 atom stereocenters. The van der Waals surface area contributed by atoms with E-state index >= 15 is 0 Å². The first-order chi connectivity index (χ1) is 6.68. The summed E-state index contributed by atoms with van der Waals surface area (Å²) < 4.78 is 10.5. The minimum Gasteiger partial charge on any atom is -0.394 e. The van der Waals surface area contributed by atoms with Crippen LogP contribution in [-0.2, 0) is 9.47 Å². The monoisotopic (exact) mass is 205 g/mol. The molecule has 1 unspecified atom stereocenters. The van der Waals surface area contributed by atoms with E-state index in [0.717, 1.165) is 13.0 Å². The average Bonchev–Trinajstić information content (AvgIpc) is 2.23. The van der Waals surface area contributed by atoms with E-state index in [1.54, 1.807) is 0 Å². The Labute approximate surface area is 86.6 Å². The fraction of sp³-hybridized carbons (Fsp3) is 1.00. The Morgan fingerprint density at radius 3 is 2.36 bits per heavy atom. The number of nitrogens with one attached hydrogen (secondary N) is 1. The number of aliphatic hydroxyl groups is 1. The summed E-state index contributed by atoms with van der Waals surface area (Å²) in [6.45, 7) is 6.70. The molecule has 0 heterocycles. The van der Waals surface area contributed by atoms with Crippen LogP contribution >= 0.6 is 0 Å². The molecule has 0 aromatic heterocycles. The second kappa shape index (κ2) is 8.17. The maximum Gasteiger partial charge on any atom is 0.0700 e. The van der Waals surface area contributed by atoms with Crippen LogP contribution in [-0.4, -0.2) is 50.7 Å². The molecule has 0 aliphatic heterocycles. The predicted octanol–water partition coefficient (Wildman–Crippen LogP) is 0.400. The van der Waals surface area contributed by atoms with Crippen LogP contribution in [0.1, 0.15) is 20.3 Å². The predicted molar refractivity (Wildman–Crippen MR) is 56.5 cm³/mol. The highest BCUT2D eigenvalue weighted by Crippen LogP contribution is 2.07. The number of likely N-dealkylation sites (N-methyl/N-ethyl adjacent to an activating group) is 1. The van der Waals surface area contributed by atoms with Gasteiger partial charge in [0.25, 0.3) is 0 Å². The van der Waals surface area contributed by atoms with Crippen molar-refractivity contribution >= 4 is 0 Å². The molecule has 0 bridgehead atoms. The molecule has 86 valence electrons. The summed E-state index contributed by atoms with van der Waals surface area (Å²) in [4.78, 5) is 0. The molecular weight excluding hydrogens is 182 g/mol. The van der Waals surface area contributed by atoms with Gasteiger partial charge in [-0.2, -0.15) is 0 Å². The molecule has 0 radical (unpaired) electrons. The Morgan fingerprint density at radius 1 is 1.21 bits per heavy atom. The molecule has 0 fully saturated rings. The normalized spacial score (nSPS) is 15.4. The zero-order chi connectivity index (χ0) is 10.9. The van der Waals surface area contributed by atoms with Crippen LogP contribution in [0.25, 0.3) is 0 Å². The first-order valence-corrected chi connectivity index (χ1v) is 5.14. The molecule has 0 aliphatic carbocycles. The van der Waals surface area contributed by atoms with Gasteiger partial charge >= 0.3 is 0 Å². The maximum absolute atomic E-state index is 9.08. The zero-order valence-electron chi connectivity index (χ0n) is 9.51. The molecule has 0 saturated heterocycles. The molecule has 0 aromatic rings. The van der Waals surface area contributed by atoms with Gasteiger partial charge in [-0.25, -0.2) is 0 Å². The van der Waals surface area contributed by atoms with Crippen LogP contribution in [0.4, 0.5) is 0 Å². The highest BCUT2D eigenvalue weighted by molar-refractivity contribution is 4.79. The highest BCUT2D eigenvalue weighted by atomic mass is 16.5. The van der Waals surface area contributed by atoms with Crippen LogP contribution < -0.4 is 5.32 Å². The van der Waals surface area contributed by atoms with E-state index < -0.39 is 0 Å². The van der Waals surface area contributed by atoms with Crippen molar-refractivity contribution in [2.75, 3.05) is 40.1 Å². The minimum absolute atomic E-state index is 0.123. The van der Waals surface area contributed by atoms with Gasteiger partial charge in [0, 0.05) is 18.8 Å². The van der Waals surface area contributed by atoms with Crippen molar-refractivity contribution in [1.82, 2.24) is 5.32 Å². The van der Waals surface area contributed by atoms with Crippen molar-refractivity contribution in [3.63, 3.8) is 0 Å². The van der Waals surface area contributed by atoms with Crippen LogP contribution in [0.15, 0.2) is 0 Å². The van der Waals surface area contributed by atoms with Crippen LogP contribution in [0, 0.1) is 0 Å². The first-order valence-electron chi connectivity index (χ1n) is 5.14. The summed E-state index contributed by atoms with van der Waals surface area (Å²) in [6.07, 6.45) is 0.798. The van der Waals surface area contributed by atoms with Crippen LogP contribution in [0.3, 0.4) is 0 Å². The Balaban J connectivity index is 3.34. The van der Waals surface area contributed by atoms with E-state index in [4.69, 9.17) is 14.6 Å². The largest absolute Gasteiger partial charge is 0.394 e. The smallest absolute Gasteiger partial charge is 0.0700 e. The number of aliphatic hydroxyl groups excluding tert-OH is 1. The molecule has 0 aliphatic rings. The standard InChI is InChI=1S/C10H23NO3/c1-4-13-7-8-14-6-5-10(2,9-12)11-3/h11-12H,4-9H2,1-3H3. The lowest BCUT2D eigenvalue weighted by Gasteiger charge is -2.26. The Kier molecular flexibility index (Phi) is 8.08. The molecule has 4 heteroatoms. The summed E-state index contributed by atoms with van der Waals surface area (Å²) in [5, 5.41) is 12.2. The van der Waals surface area contributed by atoms with Gasteiger partial charge in [0.05, 0.1) is 19.8 Å². The fourth-order valence-electron chi connectivity index (χ4n) is 0.945. The van der Waals surface area contributed by atoms with Gasteiger partial charge in [0.1, 0.15) is 0 Å². The minimum atomic E-state index is -0.231. The van der Waals surface area contributed by atoms with Crippen LogP contribution in [0.5, 0.6) is 0 Å². The van der Waals surface area contributed by atoms with E-state index in [-0.39, 0.29) is 12.1 Å². The number of ether oxygens (including phenoxy) is 2. The molecule has 0 amide bonds. The number of hydrogen-bond acceptors (Lipinski definition) is 4. The van der Waals surface area contributed by atoms with Gasteiger partial charge < -0.3 is 19.9 Å². The lowest BCUT2D eigenvalue weighted by Crippen LogP contribution is -2.44. The van der Waals surface area contributed by atoms with Gasteiger partial charge in [-0.15, -0.1) is 0 Å². The van der Waals surface area contributed by atoms with Gasteiger partial charge in [-0.05, 0) is 27.3 Å². The molecule has 0 saturated carbocycles. The Bertz CT molecular complexity index is 127. The van der Waals surface area contributed by atoms with Crippen molar-refractivity contribution in [3.8, 4) is 0 Å². The zero-order valence-corrected chi connectivity index (χ0v) is 9.51. The SMILES string of the molecule is CCOCCOCCC(C)(CO)NC. The topological polar surface area (TPSA) is 50.7 Å². The molecule has 2 N–H and O–H groups in total. The maximum atomic E-state index is 9.08. The third kappa shape index (κ3) is 6.32.